The molecule has 0 aliphatic carbocycles. The molecule has 6 nitrogen and oxygen atoms in total. The smallest absolute Gasteiger partial charge is 0.325 e. The Morgan fingerprint density at radius 1 is 1.03 bits per heavy atom. The summed E-state index contributed by atoms with van der Waals surface area (Å²) in [6, 6.07) is 9.14. The van der Waals surface area contributed by atoms with Crippen LogP contribution >= 0.6 is 0 Å². The van der Waals surface area contributed by atoms with E-state index in [0.717, 1.165) is 38.4 Å². The number of hydrogen-bond acceptors (Lipinski definition) is 3. The molecular weight excluding hydrogens is 407 g/mol. The van der Waals surface area contributed by atoms with E-state index >= 15 is 0 Å². The van der Waals surface area contributed by atoms with Crippen molar-refractivity contribution < 1.29 is 26.4 Å². The van der Waals surface area contributed by atoms with Crippen LogP contribution in [-0.2, 0) is 21.2 Å². The van der Waals surface area contributed by atoms with Crippen LogP contribution in [0, 0.1) is 13.8 Å². The fourth-order valence-corrected chi connectivity index (χ4v) is 3.67. The van der Waals surface area contributed by atoms with Crippen molar-refractivity contribution in [1.29, 1.82) is 0 Å². The van der Waals surface area contributed by atoms with Crippen molar-refractivity contribution >= 4 is 27.5 Å². The first-order chi connectivity index (χ1) is 13.3. The van der Waals surface area contributed by atoms with Crippen molar-refractivity contribution in [3.8, 4) is 0 Å². The van der Waals surface area contributed by atoms with Crippen LogP contribution < -0.4 is 9.62 Å². The SMILES string of the molecule is Cc1ccc(C)c(N(CC(=O)Nc2ccc(C(F)(F)F)cc2)S(=O)(=O)N(C)C)c1. The highest BCUT2D eigenvalue weighted by atomic mass is 32.2. The molecule has 2 aromatic carbocycles. The Balaban J connectivity index is 2.29. The third-order valence-electron chi connectivity index (χ3n) is 4.16. The number of hydrogen-bond donors (Lipinski definition) is 1. The van der Waals surface area contributed by atoms with Crippen molar-refractivity contribution in [3.63, 3.8) is 0 Å². The number of alkyl halides is 3. The molecule has 0 saturated heterocycles. The molecule has 29 heavy (non-hydrogen) atoms. The molecule has 2 aromatic rings. The van der Waals surface area contributed by atoms with E-state index in [4.69, 9.17) is 0 Å². The lowest BCUT2D eigenvalue weighted by atomic mass is 10.1. The highest BCUT2D eigenvalue weighted by Gasteiger charge is 2.31. The molecule has 1 N–H and O–H groups in total. The number of rotatable bonds is 6. The highest BCUT2D eigenvalue weighted by Crippen LogP contribution is 2.30. The summed E-state index contributed by atoms with van der Waals surface area (Å²) in [6.45, 7) is 2.98. The minimum atomic E-state index is -4.48. The van der Waals surface area contributed by atoms with Crippen LogP contribution in [0.1, 0.15) is 16.7 Å². The molecule has 0 aliphatic heterocycles. The number of nitrogens with one attached hydrogen (secondary N) is 1. The van der Waals surface area contributed by atoms with E-state index in [1.807, 2.05) is 6.07 Å². The Kier molecular flexibility index (Phi) is 6.59. The number of halogens is 3. The molecule has 0 heterocycles. The fourth-order valence-electron chi connectivity index (χ4n) is 2.55. The van der Waals surface area contributed by atoms with Crippen molar-refractivity contribution in [2.75, 3.05) is 30.3 Å². The molecule has 2 rings (SSSR count). The largest absolute Gasteiger partial charge is 0.416 e. The summed E-state index contributed by atoms with van der Waals surface area (Å²) in [5.74, 6) is -0.684. The highest BCUT2D eigenvalue weighted by molar-refractivity contribution is 7.90. The first-order valence-electron chi connectivity index (χ1n) is 8.57. The van der Waals surface area contributed by atoms with E-state index in [1.165, 1.54) is 14.1 Å². The minimum absolute atomic E-state index is 0.131. The molecule has 0 atom stereocenters. The van der Waals surface area contributed by atoms with Crippen LogP contribution in [-0.4, -0.2) is 39.3 Å². The predicted molar refractivity (Wildman–Crippen MR) is 106 cm³/mol. The van der Waals surface area contributed by atoms with Gasteiger partial charge in [-0.1, -0.05) is 12.1 Å². The molecule has 0 radical (unpaired) electrons. The van der Waals surface area contributed by atoms with Crippen LogP contribution in [0.2, 0.25) is 0 Å². The molecule has 158 valence electrons. The van der Waals surface area contributed by atoms with Crippen LogP contribution in [0.5, 0.6) is 0 Å². The zero-order valence-electron chi connectivity index (χ0n) is 16.4. The average Bonchev–Trinajstić information content (AvgIpc) is 2.61. The summed E-state index contributed by atoms with van der Waals surface area (Å²) < 4.78 is 65.5. The maximum absolute atomic E-state index is 12.8. The molecule has 0 fully saturated rings. The lowest BCUT2D eigenvalue weighted by Gasteiger charge is -2.28. The van der Waals surface area contributed by atoms with Gasteiger partial charge in [0.05, 0.1) is 11.3 Å². The Hall–Kier alpha value is -2.59. The maximum atomic E-state index is 12.8. The van der Waals surface area contributed by atoms with E-state index in [2.05, 4.69) is 5.32 Å². The van der Waals surface area contributed by atoms with Crippen LogP contribution in [0.15, 0.2) is 42.5 Å². The molecular formula is C19H22F3N3O3S. The molecule has 10 heteroatoms. The first kappa shape index (κ1) is 22.7. The Morgan fingerprint density at radius 2 is 1.62 bits per heavy atom. The van der Waals surface area contributed by atoms with Gasteiger partial charge in [-0.3, -0.25) is 4.79 Å². The van der Waals surface area contributed by atoms with E-state index < -0.39 is 34.4 Å². The Morgan fingerprint density at radius 3 is 2.14 bits per heavy atom. The second-order valence-corrected chi connectivity index (χ2v) is 8.78. The van der Waals surface area contributed by atoms with E-state index in [1.54, 1.807) is 26.0 Å². The van der Waals surface area contributed by atoms with Gasteiger partial charge in [0, 0.05) is 19.8 Å². The van der Waals surface area contributed by atoms with Crippen LogP contribution in [0.4, 0.5) is 24.5 Å². The van der Waals surface area contributed by atoms with Gasteiger partial charge in [0.1, 0.15) is 6.54 Å². The van der Waals surface area contributed by atoms with E-state index in [-0.39, 0.29) is 5.69 Å². The zero-order chi connectivity index (χ0) is 22.0. The minimum Gasteiger partial charge on any atom is -0.325 e. The number of anilines is 2. The van der Waals surface area contributed by atoms with Gasteiger partial charge in [0.2, 0.25) is 5.91 Å². The predicted octanol–water partition coefficient (Wildman–Crippen LogP) is 3.57. The normalized spacial score (nSPS) is 12.1. The van der Waals surface area contributed by atoms with Gasteiger partial charge in [-0.25, -0.2) is 4.31 Å². The molecule has 0 saturated carbocycles. The third kappa shape index (κ3) is 5.48. The molecule has 0 aliphatic rings. The quantitative estimate of drug-likeness (QED) is 0.763. The molecule has 0 bridgehead atoms. The van der Waals surface area contributed by atoms with E-state index in [0.29, 0.717) is 11.3 Å². The van der Waals surface area contributed by atoms with Crippen molar-refractivity contribution in [1.82, 2.24) is 4.31 Å². The molecule has 0 unspecified atom stereocenters. The lowest BCUT2D eigenvalue weighted by molar-refractivity contribution is -0.137. The van der Waals surface area contributed by atoms with E-state index in [9.17, 15) is 26.4 Å². The van der Waals surface area contributed by atoms with Gasteiger partial charge < -0.3 is 5.32 Å². The zero-order valence-corrected chi connectivity index (χ0v) is 17.2. The van der Waals surface area contributed by atoms with Gasteiger partial charge >= 0.3 is 16.4 Å². The van der Waals surface area contributed by atoms with Crippen molar-refractivity contribution in [2.24, 2.45) is 0 Å². The van der Waals surface area contributed by atoms with Crippen LogP contribution in [0.3, 0.4) is 0 Å². The summed E-state index contributed by atoms with van der Waals surface area (Å²) in [5.41, 5.74) is 1.10. The number of aryl methyl sites for hydroxylation is 2. The molecule has 0 spiro atoms. The van der Waals surface area contributed by atoms with Crippen molar-refractivity contribution in [3.05, 3.63) is 59.2 Å². The summed E-state index contributed by atoms with van der Waals surface area (Å²) in [4.78, 5) is 12.5. The topological polar surface area (TPSA) is 69.7 Å². The van der Waals surface area contributed by atoms with Gasteiger partial charge in [0.25, 0.3) is 0 Å². The van der Waals surface area contributed by atoms with Gasteiger partial charge in [-0.05, 0) is 55.3 Å². The van der Waals surface area contributed by atoms with Gasteiger partial charge in [0.15, 0.2) is 0 Å². The number of carbonyl (C=O) groups excluding carboxylic acids is 1. The number of nitrogens with zero attached hydrogens (tertiary/aromatic N) is 2. The van der Waals surface area contributed by atoms with Crippen LogP contribution in [0.25, 0.3) is 0 Å². The number of benzene rings is 2. The number of amides is 1. The third-order valence-corrected chi connectivity index (χ3v) is 5.96. The summed E-state index contributed by atoms with van der Waals surface area (Å²) in [5, 5.41) is 2.44. The lowest BCUT2D eigenvalue weighted by Crippen LogP contribution is -2.44. The fraction of sp³-hybridized carbons (Fsp3) is 0.316. The monoisotopic (exact) mass is 429 g/mol. The second-order valence-electron chi connectivity index (χ2n) is 6.71. The Bertz CT molecular complexity index is 988. The standard InChI is InChI=1S/C19H22F3N3O3S/c1-13-5-6-14(2)17(11-13)25(29(27,28)24(3)4)12-18(26)23-16-9-7-15(8-10-16)19(20,21)22/h5-11H,12H2,1-4H3,(H,23,26). The maximum Gasteiger partial charge on any atom is 0.416 e. The molecule has 1 amide bonds. The number of carbonyl (C=O) groups is 1. The van der Waals surface area contributed by atoms with Gasteiger partial charge in [-0.2, -0.15) is 25.9 Å². The summed E-state index contributed by atoms with van der Waals surface area (Å²) in [7, 11) is -1.29. The second kappa shape index (κ2) is 8.42. The molecule has 0 aromatic heterocycles. The summed E-state index contributed by atoms with van der Waals surface area (Å²) in [6.07, 6.45) is -4.48. The van der Waals surface area contributed by atoms with Crippen molar-refractivity contribution in [2.45, 2.75) is 20.0 Å². The summed E-state index contributed by atoms with van der Waals surface area (Å²) >= 11 is 0. The van der Waals surface area contributed by atoms with Gasteiger partial charge in [-0.15, -0.1) is 0 Å². The average molecular weight is 429 g/mol. The first-order valence-corrected chi connectivity index (χ1v) is 9.96. The Labute approximate surface area is 168 Å².